The standard InChI is InChI=1S/C21H27N3O/c1-24(16-17-9-5-4-6-10-17)21(25)20-15-19(13-14-22-20)23-18-11-7-2-3-8-12-18/h4-6,9-10,13-15,18H,2-3,7-8,11-12,16H2,1H3,(H,22,23). The maximum absolute atomic E-state index is 12.7. The van der Waals surface area contributed by atoms with E-state index in [9.17, 15) is 4.79 Å². The molecule has 1 amide bonds. The topological polar surface area (TPSA) is 45.2 Å². The molecule has 0 spiro atoms. The predicted molar refractivity (Wildman–Crippen MR) is 102 cm³/mol. The zero-order valence-electron chi connectivity index (χ0n) is 14.9. The van der Waals surface area contributed by atoms with Crippen molar-refractivity contribution in [1.82, 2.24) is 9.88 Å². The van der Waals surface area contributed by atoms with Gasteiger partial charge in [0.15, 0.2) is 0 Å². The number of carbonyl (C=O) groups excluding carboxylic acids is 1. The third kappa shape index (κ3) is 5.05. The average Bonchev–Trinajstić information content (AvgIpc) is 2.91. The van der Waals surface area contributed by atoms with Crippen LogP contribution in [0.3, 0.4) is 0 Å². The number of carbonyl (C=O) groups is 1. The van der Waals surface area contributed by atoms with Crippen LogP contribution in [-0.2, 0) is 6.54 Å². The molecule has 2 aromatic rings. The molecule has 0 bridgehead atoms. The van der Waals surface area contributed by atoms with Gasteiger partial charge >= 0.3 is 0 Å². The molecule has 1 saturated carbocycles. The fourth-order valence-corrected chi connectivity index (χ4v) is 3.42. The van der Waals surface area contributed by atoms with Gasteiger partial charge in [0.1, 0.15) is 5.69 Å². The quantitative estimate of drug-likeness (QED) is 0.818. The van der Waals surface area contributed by atoms with Gasteiger partial charge in [-0.05, 0) is 30.5 Å². The molecule has 1 aliphatic rings. The van der Waals surface area contributed by atoms with Crippen molar-refractivity contribution < 1.29 is 4.79 Å². The number of pyridine rings is 1. The summed E-state index contributed by atoms with van der Waals surface area (Å²) in [4.78, 5) is 18.7. The first-order chi connectivity index (χ1) is 12.2. The summed E-state index contributed by atoms with van der Waals surface area (Å²) in [5, 5.41) is 3.59. The number of amides is 1. The molecule has 0 atom stereocenters. The van der Waals surface area contributed by atoms with Gasteiger partial charge in [0.2, 0.25) is 0 Å². The zero-order chi connectivity index (χ0) is 17.5. The molecular formula is C21H27N3O. The molecule has 0 saturated heterocycles. The van der Waals surface area contributed by atoms with E-state index in [4.69, 9.17) is 0 Å². The van der Waals surface area contributed by atoms with Crippen molar-refractivity contribution in [3.05, 3.63) is 59.9 Å². The van der Waals surface area contributed by atoms with Crippen molar-refractivity contribution in [2.24, 2.45) is 0 Å². The van der Waals surface area contributed by atoms with Gasteiger partial charge in [-0.1, -0.05) is 56.0 Å². The third-order valence-corrected chi connectivity index (χ3v) is 4.81. The van der Waals surface area contributed by atoms with Crippen LogP contribution >= 0.6 is 0 Å². The lowest BCUT2D eigenvalue weighted by molar-refractivity contribution is 0.0779. The van der Waals surface area contributed by atoms with Crippen LogP contribution < -0.4 is 5.32 Å². The zero-order valence-corrected chi connectivity index (χ0v) is 14.9. The third-order valence-electron chi connectivity index (χ3n) is 4.81. The van der Waals surface area contributed by atoms with E-state index in [1.54, 1.807) is 11.1 Å². The summed E-state index contributed by atoms with van der Waals surface area (Å²) in [6.45, 7) is 0.585. The monoisotopic (exact) mass is 337 g/mol. The maximum Gasteiger partial charge on any atom is 0.272 e. The molecule has 1 heterocycles. The van der Waals surface area contributed by atoms with E-state index in [0.717, 1.165) is 11.3 Å². The minimum absolute atomic E-state index is 0.0478. The molecule has 1 aromatic carbocycles. The second-order valence-corrected chi connectivity index (χ2v) is 6.91. The van der Waals surface area contributed by atoms with Gasteiger partial charge in [0.05, 0.1) is 0 Å². The first-order valence-corrected chi connectivity index (χ1v) is 9.24. The minimum atomic E-state index is -0.0478. The molecule has 1 N–H and O–H groups in total. The Labute approximate surface area is 150 Å². The van der Waals surface area contributed by atoms with Crippen LogP contribution in [0.5, 0.6) is 0 Å². The van der Waals surface area contributed by atoms with E-state index in [1.807, 2.05) is 49.5 Å². The molecule has 1 aromatic heterocycles. The summed E-state index contributed by atoms with van der Waals surface area (Å²) in [6.07, 6.45) is 9.38. The van der Waals surface area contributed by atoms with Crippen LogP contribution in [0.15, 0.2) is 48.7 Å². The molecular weight excluding hydrogens is 310 g/mol. The lowest BCUT2D eigenvalue weighted by Crippen LogP contribution is -2.27. The summed E-state index contributed by atoms with van der Waals surface area (Å²) in [5.74, 6) is -0.0478. The Morgan fingerprint density at radius 2 is 1.84 bits per heavy atom. The molecule has 1 aliphatic carbocycles. The normalized spacial score (nSPS) is 15.4. The molecule has 0 radical (unpaired) electrons. The van der Waals surface area contributed by atoms with Crippen molar-refractivity contribution in [3.63, 3.8) is 0 Å². The van der Waals surface area contributed by atoms with Gasteiger partial charge in [0.25, 0.3) is 5.91 Å². The number of hydrogen-bond acceptors (Lipinski definition) is 3. The first-order valence-electron chi connectivity index (χ1n) is 9.24. The number of nitrogens with one attached hydrogen (secondary N) is 1. The van der Waals surface area contributed by atoms with Crippen LogP contribution in [-0.4, -0.2) is 28.9 Å². The first kappa shape index (κ1) is 17.5. The lowest BCUT2D eigenvalue weighted by Gasteiger charge is -2.19. The minimum Gasteiger partial charge on any atom is -0.382 e. The molecule has 3 rings (SSSR count). The summed E-state index contributed by atoms with van der Waals surface area (Å²) in [5.41, 5.74) is 2.61. The summed E-state index contributed by atoms with van der Waals surface area (Å²) >= 11 is 0. The summed E-state index contributed by atoms with van der Waals surface area (Å²) < 4.78 is 0. The number of aromatic nitrogens is 1. The van der Waals surface area contributed by atoms with E-state index in [1.165, 1.54) is 38.5 Å². The Bertz CT molecular complexity index is 679. The fraction of sp³-hybridized carbons (Fsp3) is 0.429. The van der Waals surface area contributed by atoms with E-state index in [2.05, 4.69) is 10.3 Å². The van der Waals surface area contributed by atoms with Crippen LogP contribution in [0, 0.1) is 0 Å². The van der Waals surface area contributed by atoms with Crippen LogP contribution in [0.2, 0.25) is 0 Å². The van der Waals surface area contributed by atoms with Crippen LogP contribution in [0.4, 0.5) is 5.69 Å². The van der Waals surface area contributed by atoms with Gasteiger partial charge in [-0.2, -0.15) is 0 Å². The number of rotatable bonds is 5. The summed E-state index contributed by atoms with van der Waals surface area (Å²) in [7, 11) is 1.82. The van der Waals surface area contributed by atoms with E-state index >= 15 is 0 Å². The Hall–Kier alpha value is -2.36. The van der Waals surface area contributed by atoms with E-state index < -0.39 is 0 Å². The van der Waals surface area contributed by atoms with Gasteiger partial charge in [0, 0.05) is 31.5 Å². The van der Waals surface area contributed by atoms with E-state index in [0.29, 0.717) is 18.3 Å². The Morgan fingerprint density at radius 1 is 1.12 bits per heavy atom. The predicted octanol–water partition coefficient (Wildman–Crippen LogP) is 4.49. The highest BCUT2D eigenvalue weighted by molar-refractivity contribution is 5.92. The number of anilines is 1. The Morgan fingerprint density at radius 3 is 2.56 bits per heavy atom. The van der Waals surface area contributed by atoms with Gasteiger partial charge in [-0.3, -0.25) is 9.78 Å². The van der Waals surface area contributed by atoms with Crippen LogP contribution in [0.1, 0.15) is 54.6 Å². The van der Waals surface area contributed by atoms with Crippen molar-refractivity contribution in [2.45, 2.75) is 51.1 Å². The van der Waals surface area contributed by atoms with Gasteiger partial charge in [-0.15, -0.1) is 0 Å². The molecule has 0 unspecified atom stereocenters. The maximum atomic E-state index is 12.7. The largest absolute Gasteiger partial charge is 0.382 e. The number of hydrogen-bond donors (Lipinski definition) is 1. The second kappa shape index (κ2) is 8.65. The lowest BCUT2D eigenvalue weighted by atomic mass is 10.1. The number of benzene rings is 1. The molecule has 132 valence electrons. The highest BCUT2D eigenvalue weighted by Crippen LogP contribution is 2.21. The summed E-state index contributed by atoms with van der Waals surface area (Å²) in [6, 6.07) is 14.4. The van der Waals surface area contributed by atoms with Gasteiger partial charge < -0.3 is 10.2 Å². The second-order valence-electron chi connectivity index (χ2n) is 6.91. The molecule has 0 aliphatic heterocycles. The van der Waals surface area contributed by atoms with Crippen LogP contribution in [0.25, 0.3) is 0 Å². The van der Waals surface area contributed by atoms with Crippen molar-refractivity contribution in [2.75, 3.05) is 12.4 Å². The molecule has 4 heteroatoms. The average molecular weight is 337 g/mol. The van der Waals surface area contributed by atoms with Gasteiger partial charge in [-0.25, -0.2) is 0 Å². The number of nitrogens with zero attached hydrogens (tertiary/aromatic N) is 2. The fourth-order valence-electron chi connectivity index (χ4n) is 3.42. The molecule has 25 heavy (non-hydrogen) atoms. The Kier molecular flexibility index (Phi) is 6.04. The molecule has 1 fully saturated rings. The Balaban J connectivity index is 1.64. The SMILES string of the molecule is CN(Cc1ccccc1)C(=O)c1cc(NC2CCCCCC2)ccn1. The highest BCUT2D eigenvalue weighted by atomic mass is 16.2. The highest BCUT2D eigenvalue weighted by Gasteiger charge is 2.16. The van der Waals surface area contributed by atoms with Crippen molar-refractivity contribution >= 4 is 11.6 Å². The smallest absolute Gasteiger partial charge is 0.272 e. The van der Waals surface area contributed by atoms with Crippen molar-refractivity contribution in [1.29, 1.82) is 0 Å². The molecule has 4 nitrogen and oxygen atoms in total. The van der Waals surface area contributed by atoms with E-state index in [-0.39, 0.29) is 5.91 Å². The van der Waals surface area contributed by atoms with Crippen molar-refractivity contribution in [3.8, 4) is 0 Å².